The van der Waals surface area contributed by atoms with Crippen molar-refractivity contribution < 1.29 is 24.0 Å². The lowest BCUT2D eigenvalue weighted by molar-refractivity contribution is -0.575. The fraction of sp³-hybridized carbons (Fsp3) is 0.515. The summed E-state index contributed by atoms with van der Waals surface area (Å²) in [6.45, 7) is 10.5. The van der Waals surface area contributed by atoms with Crippen LogP contribution in [0.2, 0.25) is 0 Å². The first-order chi connectivity index (χ1) is 19.7. The molecule has 4 aliphatic heterocycles. The number of benzene rings is 2. The Labute approximate surface area is 241 Å². The van der Waals surface area contributed by atoms with Gasteiger partial charge in [0.05, 0.1) is 17.4 Å². The highest BCUT2D eigenvalue weighted by atomic mass is 17.3. The zero-order valence-electron chi connectivity index (χ0n) is 24.4. The lowest BCUT2D eigenvalue weighted by atomic mass is 9.58. The summed E-state index contributed by atoms with van der Waals surface area (Å²) in [5.74, 6) is 1.16. The van der Waals surface area contributed by atoms with Crippen LogP contribution >= 0.6 is 0 Å². The summed E-state index contributed by atoms with van der Waals surface area (Å²) in [6.07, 6.45) is 4.86. The Hall–Kier alpha value is -3.04. The lowest BCUT2D eigenvalue weighted by Gasteiger charge is -2.60. The Morgan fingerprint density at radius 1 is 1.00 bits per heavy atom. The molecular formula is C33H39N3O5. The first kappa shape index (κ1) is 26.8. The summed E-state index contributed by atoms with van der Waals surface area (Å²) in [5, 5.41) is 5.55. The second kappa shape index (κ2) is 10.1. The van der Waals surface area contributed by atoms with Gasteiger partial charge in [0.15, 0.2) is 11.9 Å². The molecule has 3 aromatic rings. The van der Waals surface area contributed by atoms with Crippen molar-refractivity contribution in [2.75, 3.05) is 5.43 Å². The van der Waals surface area contributed by atoms with Gasteiger partial charge in [-0.25, -0.2) is 9.78 Å². The van der Waals surface area contributed by atoms with Crippen LogP contribution in [0.5, 0.6) is 5.75 Å². The van der Waals surface area contributed by atoms with E-state index in [0.717, 1.165) is 59.3 Å². The van der Waals surface area contributed by atoms with Crippen LogP contribution < -0.4 is 10.2 Å². The van der Waals surface area contributed by atoms with E-state index in [-0.39, 0.29) is 11.8 Å². The molecule has 216 valence electrons. The summed E-state index contributed by atoms with van der Waals surface area (Å²) in [6, 6.07) is 16.2. The molecule has 0 amide bonds. The molecule has 1 N–H and O–H groups in total. The molecule has 8 heteroatoms. The lowest BCUT2D eigenvalue weighted by Crippen LogP contribution is -2.70. The summed E-state index contributed by atoms with van der Waals surface area (Å²) in [7, 11) is 0. The molecule has 5 heterocycles. The number of anilines is 1. The first-order valence-electron chi connectivity index (χ1n) is 14.9. The molecule has 5 aliphatic rings. The number of aryl methyl sites for hydroxylation is 2. The van der Waals surface area contributed by atoms with E-state index in [1.807, 2.05) is 56.5 Å². The Balaban J connectivity index is 1.06. The second-order valence-corrected chi connectivity index (χ2v) is 12.7. The van der Waals surface area contributed by atoms with Crippen molar-refractivity contribution in [3.63, 3.8) is 0 Å². The van der Waals surface area contributed by atoms with E-state index >= 15 is 0 Å². The van der Waals surface area contributed by atoms with Gasteiger partial charge in [-0.05, 0) is 99.9 Å². The molecule has 1 spiro atoms. The van der Waals surface area contributed by atoms with Crippen LogP contribution in [0.25, 0.3) is 10.9 Å². The molecule has 4 saturated heterocycles. The SMILES string of the molecule is Cc1ccc2nc(C)cc(N/N=C/c3ccc(O[C@H]4O[C@@H]5O[C@@]6(C)CC[C@H]7[C@H](C)CC[C@@H]([C@H]4C)[C@@]57OO6)cc3)c2c1. The van der Waals surface area contributed by atoms with Gasteiger partial charge in [0.25, 0.3) is 0 Å². The van der Waals surface area contributed by atoms with Crippen molar-refractivity contribution in [3.05, 3.63) is 65.4 Å². The van der Waals surface area contributed by atoms with Crippen LogP contribution in [0, 0.1) is 37.5 Å². The molecule has 8 nitrogen and oxygen atoms in total. The average Bonchev–Trinajstić information content (AvgIpc) is 3.18. The third kappa shape index (κ3) is 4.61. The molecular weight excluding hydrogens is 518 g/mol. The monoisotopic (exact) mass is 557 g/mol. The summed E-state index contributed by atoms with van der Waals surface area (Å²) >= 11 is 0. The predicted molar refractivity (Wildman–Crippen MR) is 156 cm³/mol. The van der Waals surface area contributed by atoms with Crippen LogP contribution in [0.1, 0.15) is 63.3 Å². The van der Waals surface area contributed by atoms with Crippen LogP contribution in [0.4, 0.5) is 5.69 Å². The van der Waals surface area contributed by atoms with Crippen molar-refractivity contribution in [3.8, 4) is 5.75 Å². The van der Waals surface area contributed by atoms with E-state index < -0.39 is 24.0 Å². The van der Waals surface area contributed by atoms with Gasteiger partial charge in [-0.15, -0.1) is 0 Å². The van der Waals surface area contributed by atoms with Crippen LogP contribution in [0.3, 0.4) is 0 Å². The molecule has 2 aromatic carbocycles. The number of rotatable bonds is 5. The normalized spacial score (nSPS) is 36.2. The van der Waals surface area contributed by atoms with Crippen molar-refractivity contribution in [1.29, 1.82) is 0 Å². The molecule has 5 fully saturated rings. The van der Waals surface area contributed by atoms with E-state index in [4.69, 9.17) is 24.0 Å². The maximum absolute atomic E-state index is 6.57. The molecule has 41 heavy (non-hydrogen) atoms. The fourth-order valence-corrected chi connectivity index (χ4v) is 7.51. The molecule has 1 saturated carbocycles. The van der Waals surface area contributed by atoms with Gasteiger partial charge in [-0.1, -0.05) is 25.5 Å². The van der Waals surface area contributed by atoms with Crippen molar-refractivity contribution in [2.24, 2.45) is 28.8 Å². The Morgan fingerprint density at radius 2 is 1.83 bits per heavy atom. The van der Waals surface area contributed by atoms with Gasteiger partial charge >= 0.3 is 0 Å². The molecule has 8 atom stereocenters. The van der Waals surface area contributed by atoms with E-state index in [1.165, 1.54) is 5.56 Å². The molecule has 0 radical (unpaired) electrons. The fourth-order valence-electron chi connectivity index (χ4n) is 7.51. The summed E-state index contributed by atoms with van der Waals surface area (Å²) < 4.78 is 19.5. The summed E-state index contributed by atoms with van der Waals surface area (Å²) in [4.78, 5) is 16.8. The predicted octanol–water partition coefficient (Wildman–Crippen LogP) is 6.88. The number of nitrogens with zero attached hydrogens (tertiary/aromatic N) is 2. The highest BCUT2D eigenvalue weighted by Gasteiger charge is 2.69. The minimum atomic E-state index is -0.794. The third-order valence-electron chi connectivity index (χ3n) is 9.72. The minimum absolute atomic E-state index is 0.114. The van der Waals surface area contributed by atoms with E-state index in [1.54, 1.807) is 0 Å². The van der Waals surface area contributed by atoms with E-state index in [0.29, 0.717) is 11.8 Å². The van der Waals surface area contributed by atoms with Gasteiger partial charge in [-0.2, -0.15) is 5.10 Å². The highest BCUT2D eigenvalue weighted by molar-refractivity contribution is 5.92. The average molecular weight is 558 g/mol. The smallest absolute Gasteiger partial charge is 0.205 e. The molecule has 2 bridgehead atoms. The number of nitrogens with one attached hydrogen (secondary N) is 1. The third-order valence-corrected chi connectivity index (χ3v) is 9.72. The molecule has 8 rings (SSSR count). The number of aromatic nitrogens is 1. The first-order valence-corrected chi connectivity index (χ1v) is 14.9. The van der Waals surface area contributed by atoms with Gasteiger partial charge in [0.2, 0.25) is 12.1 Å². The molecule has 0 unspecified atom stereocenters. The molecule has 1 aromatic heterocycles. The second-order valence-electron chi connectivity index (χ2n) is 12.7. The quantitative estimate of drug-likeness (QED) is 0.208. The molecule has 1 aliphatic carbocycles. The Bertz CT molecular complexity index is 1480. The summed E-state index contributed by atoms with van der Waals surface area (Å²) in [5.41, 5.74) is 7.59. The minimum Gasteiger partial charge on any atom is -0.465 e. The van der Waals surface area contributed by atoms with E-state index in [9.17, 15) is 0 Å². The van der Waals surface area contributed by atoms with Crippen molar-refractivity contribution in [1.82, 2.24) is 4.98 Å². The van der Waals surface area contributed by atoms with E-state index in [2.05, 4.69) is 48.4 Å². The van der Waals surface area contributed by atoms with Crippen molar-refractivity contribution >= 4 is 22.8 Å². The Morgan fingerprint density at radius 3 is 2.66 bits per heavy atom. The number of fused-ring (bicyclic) bond motifs is 3. The topological polar surface area (TPSA) is 83.4 Å². The maximum atomic E-state index is 6.57. The number of hydrogen-bond donors (Lipinski definition) is 1. The standard InChI is InChI=1S/C33H39N3O5/c1-19-6-13-28-25(16-19)29(17-21(3)35-28)36-34-18-23-8-10-24(11-9-23)37-30-22(4)27-12-7-20(2)26-14-15-32(5)39-31(38-30)33(26,27)41-40-32/h6,8-11,13,16-18,20,22,26-27,30-31H,7,12,14-15H2,1-5H3,(H,35,36)/b34-18+/t20-,22-,26+,27+,30+,31-,32-,33-/m1/s1. The van der Waals surface area contributed by atoms with Gasteiger partial charge in [0.1, 0.15) is 5.75 Å². The van der Waals surface area contributed by atoms with Crippen LogP contribution in [-0.2, 0) is 19.2 Å². The van der Waals surface area contributed by atoms with Crippen molar-refractivity contribution in [2.45, 2.75) is 84.3 Å². The number of hydrazone groups is 1. The zero-order valence-corrected chi connectivity index (χ0v) is 24.4. The van der Waals surface area contributed by atoms with Gasteiger partial charge < -0.3 is 14.2 Å². The largest absolute Gasteiger partial charge is 0.465 e. The number of hydrogen-bond acceptors (Lipinski definition) is 8. The van der Waals surface area contributed by atoms with Crippen LogP contribution in [-0.4, -0.2) is 35.2 Å². The zero-order chi connectivity index (χ0) is 28.4. The maximum Gasteiger partial charge on any atom is 0.205 e. The highest BCUT2D eigenvalue weighted by Crippen LogP contribution is 2.60. The Kier molecular flexibility index (Phi) is 6.58. The van der Waals surface area contributed by atoms with Gasteiger partial charge in [0, 0.05) is 29.3 Å². The van der Waals surface area contributed by atoms with Gasteiger partial charge in [-0.3, -0.25) is 10.4 Å². The van der Waals surface area contributed by atoms with Crippen LogP contribution in [0.15, 0.2) is 53.6 Å². The number of ether oxygens (including phenoxy) is 3. The number of pyridine rings is 1.